The maximum Gasteiger partial charge on any atom is 0.255 e. The second kappa shape index (κ2) is 4.36. The van der Waals surface area contributed by atoms with Crippen LogP contribution in [0.5, 0.6) is 0 Å². The van der Waals surface area contributed by atoms with Gasteiger partial charge in [-0.2, -0.15) is 10.2 Å². The van der Waals surface area contributed by atoms with Gasteiger partial charge >= 0.3 is 0 Å². The minimum Gasteiger partial charge on any atom is -0.342 e. The molecule has 0 fully saturated rings. The number of aromatic amines is 1. The first-order chi connectivity index (χ1) is 8.08. The van der Waals surface area contributed by atoms with Crippen LogP contribution >= 0.6 is 0 Å². The van der Waals surface area contributed by atoms with Crippen molar-refractivity contribution < 1.29 is 4.79 Å². The lowest BCUT2D eigenvalue weighted by Gasteiger charge is -2.10. The van der Waals surface area contributed by atoms with Crippen molar-refractivity contribution in [3.63, 3.8) is 0 Å². The third kappa shape index (κ3) is 2.32. The van der Waals surface area contributed by atoms with Gasteiger partial charge in [-0.3, -0.25) is 14.6 Å². The lowest BCUT2D eigenvalue weighted by molar-refractivity contribution is 0.0937. The Hall–Kier alpha value is -2.18. The van der Waals surface area contributed by atoms with Crippen molar-refractivity contribution in [3.8, 4) is 0 Å². The molecule has 7 nitrogen and oxygen atoms in total. The van der Waals surface area contributed by atoms with Crippen LogP contribution < -0.4 is 5.32 Å². The molecule has 1 amide bonds. The van der Waals surface area contributed by atoms with Crippen LogP contribution in [-0.2, 0) is 7.05 Å². The minimum atomic E-state index is -0.218. The quantitative estimate of drug-likeness (QED) is 0.801. The lowest BCUT2D eigenvalue weighted by Crippen LogP contribution is -2.27. The summed E-state index contributed by atoms with van der Waals surface area (Å²) in [7, 11) is 1.78. The van der Waals surface area contributed by atoms with Crippen molar-refractivity contribution in [2.75, 3.05) is 0 Å². The molecule has 2 aromatic rings. The molecular weight excluding hydrogens is 220 g/mol. The minimum absolute atomic E-state index is 0.167. The zero-order valence-corrected chi connectivity index (χ0v) is 9.93. The molecule has 0 saturated heterocycles. The molecule has 0 bridgehead atoms. The molecule has 2 N–H and O–H groups in total. The molecule has 7 heteroatoms. The van der Waals surface area contributed by atoms with Gasteiger partial charge in [0.05, 0.1) is 17.3 Å². The summed E-state index contributed by atoms with van der Waals surface area (Å²) in [6, 6.07) is -0.218. The molecule has 2 rings (SSSR count). The van der Waals surface area contributed by atoms with Crippen molar-refractivity contribution in [2.45, 2.75) is 19.9 Å². The van der Waals surface area contributed by atoms with E-state index in [1.165, 1.54) is 6.33 Å². The summed E-state index contributed by atoms with van der Waals surface area (Å²) in [5.74, 6) is 0.458. The molecule has 0 spiro atoms. The van der Waals surface area contributed by atoms with E-state index in [9.17, 15) is 4.79 Å². The number of nitrogens with zero attached hydrogens (tertiary/aromatic N) is 4. The lowest BCUT2D eigenvalue weighted by atomic mass is 10.2. The topological polar surface area (TPSA) is 88.5 Å². The van der Waals surface area contributed by atoms with Crippen molar-refractivity contribution in [3.05, 3.63) is 29.6 Å². The molecule has 0 aromatic carbocycles. The molecule has 1 atom stereocenters. The highest BCUT2D eigenvalue weighted by Crippen LogP contribution is 2.09. The van der Waals surface area contributed by atoms with E-state index in [2.05, 4.69) is 25.6 Å². The van der Waals surface area contributed by atoms with Gasteiger partial charge in [0.1, 0.15) is 12.2 Å². The third-order valence-electron chi connectivity index (χ3n) is 2.45. The molecule has 1 unspecified atom stereocenters. The smallest absolute Gasteiger partial charge is 0.255 e. The highest BCUT2D eigenvalue weighted by atomic mass is 16.1. The van der Waals surface area contributed by atoms with Crippen LogP contribution in [-0.4, -0.2) is 30.9 Å². The summed E-state index contributed by atoms with van der Waals surface area (Å²) < 4.78 is 1.61. The number of H-pyrrole nitrogens is 1. The summed E-state index contributed by atoms with van der Waals surface area (Å²) >= 11 is 0. The first-order valence-electron chi connectivity index (χ1n) is 5.24. The van der Waals surface area contributed by atoms with Gasteiger partial charge in [-0.05, 0) is 13.8 Å². The van der Waals surface area contributed by atoms with Gasteiger partial charge < -0.3 is 5.32 Å². The number of hydrogen-bond donors (Lipinski definition) is 2. The monoisotopic (exact) mass is 234 g/mol. The standard InChI is InChI=1S/C10H14N6O/c1-6-8(4-16(3)15-6)10(17)13-7(2)9-11-5-12-14-9/h4-5,7H,1-3H3,(H,13,17)(H,11,12,14). The number of aryl methyl sites for hydroxylation is 2. The Labute approximate surface area is 98.2 Å². The zero-order chi connectivity index (χ0) is 12.4. The fourth-order valence-electron chi connectivity index (χ4n) is 1.59. The summed E-state index contributed by atoms with van der Waals surface area (Å²) in [4.78, 5) is 15.9. The fourth-order valence-corrected chi connectivity index (χ4v) is 1.59. The van der Waals surface area contributed by atoms with Crippen LogP contribution in [0.3, 0.4) is 0 Å². The molecule has 0 aliphatic carbocycles. The molecule has 0 aliphatic rings. The van der Waals surface area contributed by atoms with Crippen LogP contribution in [0.25, 0.3) is 0 Å². The van der Waals surface area contributed by atoms with Gasteiger partial charge in [0.15, 0.2) is 0 Å². The van der Waals surface area contributed by atoms with Gasteiger partial charge in [-0.15, -0.1) is 0 Å². The van der Waals surface area contributed by atoms with Crippen molar-refractivity contribution >= 4 is 5.91 Å². The predicted molar refractivity (Wildman–Crippen MR) is 60.2 cm³/mol. The first kappa shape index (κ1) is 11.3. The highest BCUT2D eigenvalue weighted by Gasteiger charge is 2.16. The number of rotatable bonds is 3. The first-order valence-corrected chi connectivity index (χ1v) is 5.24. The van der Waals surface area contributed by atoms with E-state index in [1.807, 2.05) is 6.92 Å². The summed E-state index contributed by atoms with van der Waals surface area (Å²) in [5.41, 5.74) is 1.27. The van der Waals surface area contributed by atoms with E-state index in [1.54, 1.807) is 24.9 Å². The summed E-state index contributed by atoms with van der Waals surface area (Å²) in [5, 5.41) is 13.4. The molecule has 17 heavy (non-hydrogen) atoms. The Kier molecular flexibility index (Phi) is 2.90. The number of nitrogens with one attached hydrogen (secondary N) is 2. The van der Waals surface area contributed by atoms with E-state index in [0.717, 1.165) is 0 Å². The van der Waals surface area contributed by atoms with Crippen LogP contribution in [0.4, 0.5) is 0 Å². The molecule has 2 aromatic heterocycles. The Balaban J connectivity index is 2.09. The molecule has 0 aliphatic heterocycles. The van der Waals surface area contributed by atoms with Gasteiger partial charge in [0.25, 0.3) is 5.91 Å². The average molecular weight is 234 g/mol. The van der Waals surface area contributed by atoms with E-state index >= 15 is 0 Å². The SMILES string of the molecule is Cc1nn(C)cc1C(=O)NC(C)c1ncn[nH]1. The Morgan fingerprint density at radius 2 is 2.35 bits per heavy atom. The van der Waals surface area contributed by atoms with E-state index in [4.69, 9.17) is 0 Å². The normalized spacial score (nSPS) is 12.4. The van der Waals surface area contributed by atoms with E-state index in [-0.39, 0.29) is 11.9 Å². The van der Waals surface area contributed by atoms with Crippen molar-refractivity contribution in [1.82, 2.24) is 30.3 Å². The van der Waals surface area contributed by atoms with Gasteiger partial charge in [0.2, 0.25) is 0 Å². The molecule has 0 saturated carbocycles. The maximum atomic E-state index is 12.0. The Morgan fingerprint density at radius 3 is 2.88 bits per heavy atom. The van der Waals surface area contributed by atoms with Crippen molar-refractivity contribution in [2.24, 2.45) is 7.05 Å². The number of carbonyl (C=O) groups excluding carboxylic acids is 1. The maximum absolute atomic E-state index is 12.0. The van der Waals surface area contributed by atoms with Crippen LogP contribution in [0, 0.1) is 6.92 Å². The molecule has 90 valence electrons. The largest absolute Gasteiger partial charge is 0.342 e. The van der Waals surface area contributed by atoms with Gasteiger partial charge in [-0.25, -0.2) is 4.98 Å². The molecular formula is C10H14N6O. The Morgan fingerprint density at radius 1 is 1.59 bits per heavy atom. The second-order valence-corrected chi connectivity index (χ2v) is 3.87. The number of aromatic nitrogens is 5. The van der Waals surface area contributed by atoms with Crippen LogP contribution in [0.1, 0.15) is 34.8 Å². The predicted octanol–water partition coefficient (Wildman–Crippen LogP) is 0.338. The van der Waals surface area contributed by atoms with Gasteiger partial charge in [-0.1, -0.05) is 0 Å². The van der Waals surface area contributed by atoms with Crippen LogP contribution in [0.15, 0.2) is 12.5 Å². The van der Waals surface area contributed by atoms with E-state index in [0.29, 0.717) is 17.1 Å². The third-order valence-corrected chi connectivity index (χ3v) is 2.45. The van der Waals surface area contributed by atoms with Crippen molar-refractivity contribution in [1.29, 1.82) is 0 Å². The fraction of sp³-hybridized carbons (Fsp3) is 0.400. The zero-order valence-electron chi connectivity index (χ0n) is 9.93. The number of hydrogen-bond acceptors (Lipinski definition) is 4. The summed E-state index contributed by atoms with van der Waals surface area (Å²) in [6.07, 6.45) is 3.10. The molecule has 2 heterocycles. The number of amides is 1. The van der Waals surface area contributed by atoms with E-state index < -0.39 is 0 Å². The van der Waals surface area contributed by atoms with Crippen LogP contribution in [0.2, 0.25) is 0 Å². The highest BCUT2D eigenvalue weighted by molar-refractivity contribution is 5.95. The number of carbonyl (C=O) groups is 1. The summed E-state index contributed by atoms with van der Waals surface area (Å²) in [6.45, 7) is 3.64. The van der Waals surface area contributed by atoms with Gasteiger partial charge in [0, 0.05) is 13.2 Å². The average Bonchev–Trinajstić information content (AvgIpc) is 2.87. The second-order valence-electron chi connectivity index (χ2n) is 3.87. The molecule has 0 radical (unpaired) electrons. The Bertz CT molecular complexity index is 515.